The maximum Gasteiger partial charge on any atom is 0.387 e. The van der Waals surface area contributed by atoms with Crippen molar-refractivity contribution in [1.29, 1.82) is 0 Å². The van der Waals surface area contributed by atoms with E-state index >= 15 is 0 Å². The number of carbonyl (C=O) groups excluding carboxylic acids is 1. The Bertz CT molecular complexity index is 526. The van der Waals surface area contributed by atoms with Crippen molar-refractivity contribution in [1.82, 2.24) is 10.6 Å². The molecule has 7 heteroatoms. The Hall–Kier alpha value is -1.73. The van der Waals surface area contributed by atoms with Gasteiger partial charge in [-0.25, -0.2) is 0 Å². The number of aryl methyl sites for hydroxylation is 1. The third-order valence-corrected chi connectivity index (χ3v) is 3.63. The van der Waals surface area contributed by atoms with Crippen LogP contribution in [0.5, 0.6) is 5.75 Å². The highest BCUT2D eigenvalue weighted by Crippen LogP contribution is 2.22. The molecule has 0 aliphatic carbocycles. The number of hydrogen-bond acceptors (Lipinski definition) is 4. The second kappa shape index (κ2) is 7.51. The molecule has 1 heterocycles. The molecule has 0 radical (unpaired) electrons. The van der Waals surface area contributed by atoms with Crippen molar-refractivity contribution in [3.63, 3.8) is 0 Å². The third kappa shape index (κ3) is 4.38. The minimum absolute atomic E-state index is 0.0208. The van der Waals surface area contributed by atoms with Gasteiger partial charge in [-0.05, 0) is 19.4 Å². The van der Waals surface area contributed by atoms with Crippen molar-refractivity contribution < 1.29 is 23.0 Å². The average molecular weight is 314 g/mol. The number of alkyl halides is 2. The largest absolute Gasteiger partial charge is 0.434 e. The first kappa shape index (κ1) is 16.6. The molecule has 2 atom stereocenters. The summed E-state index contributed by atoms with van der Waals surface area (Å²) in [7, 11) is 1.60. The van der Waals surface area contributed by atoms with Crippen LogP contribution in [0.25, 0.3) is 0 Å². The lowest BCUT2D eigenvalue weighted by Crippen LogP contribution is -2.40. The summed E-state index contributed by atoms with van der Waals surface area (Å²) in [5, 5.41) is 5.81. The van der Waals surface area contributed by atoms with Gasteiger partial charge in [-0.15, -0.1) is 0 Å². The molecule has 1 aliphatic rings. The zero-order chi connectivity index (χ0) is 16.1. The average Bonchev–Trinajstić information content (AvgIpc) is 2.95. The summed E-state index contributed by atoms with van der Waals surface area (Å²) in [6.45, 7) is -0.285. The summed E-state index contributed by atoms with van der Waals surface area (Å²) in [6, 6.07) is 4.56. The Morgan fingerprint density at radius 3 is 2.91 bits per heavy atom. The molecule has 0 saturated carbocycles. The standard InChI is InChI=1S/C15H20F2N2O3/c1-9-3-4-13(22-15(16)17)10(5-9)7-19-14(20)12-6-11(21-2)8-18-12/h3-5,11-12,15,18H,6-8H2,1-2H3,(H,19,20)/t11-,12-/m1/s1. The number of hydrogen-bond donors (Lipinski definition) is 2. The van der Waals surface area contributed by atoms with Gasteiger partial charge in [-0.3, -0.25) is 4.79 Å². The van der Waals surface area contributed by atoms with Crippen LogP contribution < -0.4 is 15.4 Å². The number of amides is 1. The summed E-state index contributed by atoms with van der Waals surface area (Å²) in [5.74, 6) is -0.0981. The number of ether oxygens (including phenoxy) is 2. The van der Waals surface area contributed by atoms with E-state index < -0.39 is 6.61 Å². The lowest BCUT2D eigenvalue weighted by Gasteiger charge is -2.14. The third-order valence-electron chi connectivity index (χ3n) is 3.63. The molecule has 2 rings (SSSR count). The monoisotopic (exact) mass is 314 g/mol. The van der Waals surface area contributed by atoms with Gasteiger partial charge in [0.1, 0.15) is 5.75 Å². The van der Waals surface area contributed by atoms with E-state index in [4.69, 9.17) is 4.74 Å². The quantitative estimate of drug-likeness (QED) is 0.837. The van der Waals surface area contributed by atoms with E-state index in [0.29, 0.717) is 18.5 Å². The molecule has 0 aromatic heterocycles. The molecule has 1 saturated heterocycles. The molecule has 1 fully saturated rings. The molecule has 2 N–H and O–H groups in total. The highest BCUT2D eigenvalue weighted by Gasteiger charge is 2.29. The van der Waals surface area contributed by atoms with Gasteiger partial charge in [-0.1, -0.05) is 17.7 Å². The van der Waals surface area contributed by atoms with Crippen LogP contribution in [0.1, 0.15) is 17.5 Å². The van der Waals surface area contributed by atoms with Crippen molar-refractivity contribution in [3.05, 3.63) is 29.3 Å². The van der Waals surface area contributed by atoms with E-state index in [0.717, 1.165) is 5.56 Å². The normalized spacial score (nSPS) is 21.1. The van der Waals surface area contributed by atoms with Crippen LogP contribution in [0.15, 0.2) is 18.2 Å². The van der Waals surface area contributed by atoms with Crippen LogP contribution >= 0.6 is 0 Å². The van der Waals surface area contributed by atoms with E-state index in [1.54, 1.807) is 19.2 Å². The minimum atomic E-state index is -2.89. The van der Waals surface area contributed by atoms with Gasteiger partial charge < -0.3 is 20.1 Å². The summed E-state index contributed by atoms with van der Waals surface area (Å²) in [5.41, 5.74) is 1.43. The Morgan fingerprint density at radius 1 is 1.50 bits per heavy atom. The van der Waals surface area contributed by atoms with E-state index in [9.17, 15) is 13.6 Å². The Kier molecular flexibility index (Phi) is 5.68. The number of carbonyl (C=O) groups is 1. The van der Waals surface area contributed by atoms with Gasteiger partial charge in [0, 0.05) is 25.8 Å². The van der Waals surface area contributed by atoms with Crippen LogP contribution in [0.4, 0.5) is 8.78 Å². The van der Waals surface area contributed by atoms with Gasteiger partial charge >= 0.3 is 6.61 Å². The highest BCUT2D eigenvalue weighted by molar-refractivity contribution is 5.82. The molecule has 0 spiro atoms. The summed E-state index contributed by atoms with van der Waals surface area (Å²) >= 11 is 0. The zero-order valence-corrected chi connectivity index (χ0v) is 12.6. The first-order valence-electron chi connectivity index (χ1n) is 7.08. The number of rotatable bonds is 6. The molecule has 0 bridgehead atoms. The summed E-state index contributed by atoms with van der Waals surface area (Å²) < 4.78 is 34.4. The maximum atomic E-state index is 12.4. The fraction of sp³-hybridized carbons (Fsp3) is 0.533. The Morgan fingerprint density at radius 2 is 2.27 bits per heavy atom. The Labute approximate surface area is 128 Å². The Balaban J connectivity index is 1.96. The SMILES string of the molecule is CO[C@H]1CN[C@@H](C(=O)NCc2cc(C)ccc2OC(F)F)C1. The number of benzene rings is 1. The topological polar surface area (TPSA) is 59.6 Å². The minimum Gasteiger partial charge on any atom is -0.434 e. The molecule has 1 aliphatic heterocycles. The van der Waals surface area contributed by atoms with Crippen LogP contribution in [0, 0.1) is 6.92 Å². The van der Waals surface area contributed by atoms with Gasteiger partial charge in [0.2, 0.25) is 5.91 Å². The smallest absolute Gasteiger partial charge is 0.387 e. The van der Waals surface area contributed by atoms with E-state index in [1.807, 2.05) is 6.92 Å². The second-order valence-corrected chi connectivity index (χ2v) is 5.26. The fourth-order valence-electron chi connectivity index (χ4n) is 2.45. The molecule has 22 heavy (non-hydrogen) atoms. The van der Waals surface area contributed by atoms with Crippen molar-refractivity contribution >= 4 is 5.91 Å². The molecule has 122 valence electrons. The number of nitrogens with one attached hydrogen (secondary N) is 2. The highest BCUT2D eigenvalue weighted by atomic mass is 19.3. The van der Waals surface area contributed by atoms with Crippen molar-refractivity contribution in [3.8, 4) is 5.75 Å². The predicted molar refractivity (Wildman–Crippen MR) is 76.9 cm³/mol. The van der Waals surface area contributed by atoms with Crippen LogP contribution in [0.3, 0.4) is 0 Å². The molecule has 5 nitrogen and oxygen atoms in total. The van der Waals surface area contributed by atoms with Crippen molar-refractivity contribution in [2.75, 3.05) is 13.7 Å². The molecule has 1 aromatic carbocycles. The second-order valence-electron chi connectivity index (χ2n) is 5.26. The van der Waals surface area contributed by atoms with Gasteiger partial charge in [0.25, 0.3) is 0 Å². The van der Waals surface area contributed by atoms with Crippen LogP contribution in [-0.4, -0.2) is 38.3 Å². The van der Waals surface area contributed by atoms with E-state index in [-0.39, 0.29) is 30.3 Å². The van der Waals surface area contributed by atoms with Crippen LogP contribution in [-0.2, 0) is 16.1 Å². The zero-order valence-electron chi connectivity index (χ0n) is 12.6. The molecule has 0 unspecified atom stereocenters. The lowest BCUT2D eigenvalue weighted by molar-refractivity contribution is -0.123. The number of methoxy groups -OCH3 is 1. The molecule has 1 amide bonds. The van der Waals surface area contributed by atoms with E-state index in [1.165, 1.54) is 6.07 Å². The fourth-order valence-corrected chi connectivity index (χ4v) is 2.45. The van der Waals surface area contributed by atoms with E-state index in [2.05, 4.69) is 15.4 Å². The molecular weight excluding hydrogens is 294 g/mol. The first-order chi connectivity index (χ1) is 10.5. The number of halogens is 2. The van der Waals surface area contributed by atoms with Gasteiger partial charge in [0.05, 0.1) is 12.1 Å². The van der Waals surface area contributed by atoms with Crippen molar-refractivity contribution in [2.24, 2.45) is 0 Å². The molecule has 1 aromatic rings. The lowest BCUT2D eigenvalue weighted by atomic mass is 10.1. The summed E-state index contributed by atoms with van der Waals surface area (Å²) in [6.07, 6.45) is 0.615. The maximum absolute atomic E-state index is 12.4. The summed E-state index contributed by atoms with van der Waals surface area (Å²) in [4.78, 5) is 12.1. The first-order valence-corrected chi connectivity index (χ1v) is 7.08. The molecular formula is C15H20F2N2O3. The van der Waals surface area contributed by atoms with Crippen LogP contribution in [0.2, 0.25) is 0 Å². The van der Waals surface area contributed by atoms with Gasteiger partial charge in [-0.2, -0.15) is 8.78 Å². The predicted octanol–water partition coefficient (Wildman–Crippen LogP) is 1.59. The van der Waals surface area contributed by atoms with Gasteiger partial charge in [0.15, 0.2) is 0 Å². The van der Waals surface area contributed by atoms with Crippen molar-refractivity contribution in [2.45, 2.75) is 38.6 Å².